The number of nitrogens with one attached hydrogen (secondary N) is 1. The molecule has 1 unspecified atom stereocenters. The van der Waals surface area contributed by atoms with Crippen molar-refractivity contribution >= 4 is 23.4 Å². The van der Waals surface area contributed by atoms with Crippen molar-refractivity contribution in [3.8, 4) is 0 Å². The van der Waals surface area contributed by atoms with Gasteiger partial charge < -0.3 is 10.2 Å². The molecular formula is C11H15ClN4O2. The molecule has 1 atom stereocenters. The molecule has 0 bridgehead atoms. The lowest BCUT2D eigenvalue weighted by Gasteiger charge is -2.30. The van der Waals surface area contributed by atoms with E-state index in [0.29, 0.717) is 11.7 Å². The van der Waals surface area contributed by atoms with Crippen LogP contribution in [0.1, 0.15) is 18.2 Å². The lowest BCUT2D eigenvalue weighted by molar-refractivity contribution is -0.144. The van der Waals surface area contributed by atoms with Crippen molar-refractivity contribution in [2.75, 3.05) is 6.54 Å². The van der Waals surface area contributed by atoms with Gasteiger partial charge >= 0.3 is 0 Å². The van der Waals surface area contributed by atoms with E-state index in [0.717, 1.165) is 11.3 Å². The quantitative estimate of drug-likeness (QED) is 0.836. The van der Waals surface area contributed by atoms with Gasteiger partial charge in [0.15, 0.2) is 0 Å². The Kier molecular flexibility index (Phi) is 3.30. The highest BCUT2D eigenvalue weighted by atomic mass is 35.5. The molecule has 0 aromatic carbocycles. The van der Waals surface area contributed by atoms with Gasteiger partial charge in [-0.05, 0) is 13.8 Å². The maximum Gasteiger partial charge on any atom is 0.245 e. The number of amides is 2. The average molecular weight is 271 g/mol. The first-order chi connectivity index (χ1) is 8.40. The van der Waals surface area contributed by atoms with E-state index in [1.807, 2.05) is 6.92 Å². The summed E-state index contributed by atoms with van der Waals surface area (Å²) in [5.74, 6) is -0.256. The van der Waals surface area contributed by atoms with E-state index in [1.54, 1.807) is 18.7 Å². The maximum absolute atomic E-state index is 11.9. The minimum Gasteiger partial charge on any atom is -0.343 e. The summed E-state index contributed by atoms with van der Waals surface area (Å²) >= 11 is 6.12. The van der Waals surface area contributed by atoms with Crippen LogP contribution in [0.2, 0.25) is 5.15 Å². The average Bonchev–Trinajstić information content (AvgIpc) is 2.52. The van der Waals surface area contributed by atoms with Crippen molar-refractivity contribution in [1.82, 2.24) is 20.0 Å². The molecule has 6 nitrogen and oxygen atoms in total. The Balaban J connectivity index is 2.22. The summed E-state index contributed by atoms with van der Waals surface area (Å²) in [5.41, 5.74) is 1.56. The molecule has 0 saturated carbocycles. The van der Waals surface area contributed by atoms with Gasteiger partial charge in [0, 0.05) is 12.6 Å². The van der Waals surface area contributed by atoms with Crippen LogP contribution >= 0.6 is 11.6 Å². The van der Waals surface area contributed by atoms with Gasteiger partial charge in [-0.15, -0.1) is 0 Å². The van der Waals surface area contributed by atoms with Crippen molar-refractivity contribution < 1.29 is 9.59 Å². The molecule has 0 spiro atoms. The monoisotopic (exact) mass is 270 g/mol. The molecule has 7 heteroatoms. The van der Waals surface area contributed by atoms with Crippen LogP contribution in [-0.2, 0) is 23.2 Å². The molecule has 2 heterocycles. The van der Waals surface area contributed by atoms with Crippen LogP contribution in [-0.4, -0.2) is 39.1 Å². The zero-order valence-electron chi connectivity index (χ0n) is 10.5. The molecular weight excluding hydrogens is 256 g/mol. The van der Waals surface area contributed by atoms with Crippen molar-refractivity contribution in [2.45, 2.75) is 26.4 Å². The summed E-state index contributed by atoms with van der Waals surface area (Å²) in [6.07, 6.45) is 0. The van der Waals surface area contributed by atoms with Crippen LogP contribution in [0.4, 0.5) is 0 Å². The van der Waals surface area contributed by atoms with Gasteiger partial charge in [0.25, 0.3) is 0 Å². The van der Waals surface area contributed by atoms with Crippen LogP contribution in [0.3, 0.4) is 0 Å². The van der Waals surface area contributed by atoms with Gasteiger partial charge in [-0.25, -0.2) is 0 Å². The Morgan fingerprint density at radius 3 is 2.72 bits per heavy atom. The topological polar surface area (TPSA) is 67.2 Å². The second-order valence-electron chi connectivity index (χ2n) is 4.46. The number of hydrogen-bond acceptors (Lipinski definition) is 3. The number of carbonyl (C=O) groups excluding carboxylic acids is 2. The van der Waals surface area contributed by atoms with Crippen molar-refractivity contribution in [2.24, 2.45) is 7.05 Å². The van der Waals surface area contributed by atoms with E-state index in [-0.39, 0.29) is 18.4 Å². The number of aromatic nitrogens is 2. The van der Waals surface area contributed by atoms with Crippen LogP contribution < -0.4 is 5.32 Å². The van der Waals surface area contributed by atoms with Gasteiger partial charge in [-0.3, -0.25) is 14.3 Å². The van der Waals surface area contributed by atoms with Crippen molar-refractivity contribution in [3.63, 3.8) is 0 Å². The Morgan fingerprint density at radius 2 is 2.17 bits per heavy atom. The Labute approximate surface area is 110 Å². The highest BCUT2D eigenvalue weighted by Gasteiger charge is 2.30. The van der Waals surface area contributed by atoms with Crippen LogP contribution in [0, 0.1) is 6.92 Å². The minimum atomic E-state index is -0.484. The first-order valence-corrected chi connectivity index (χ1v) is 6.04. The van der Waals surface area contributed by atoms with E-state index in [1.165, 1.54) is 4.90 Å². The van der Waals surface area contributed by atoms with Crippen LogP contribution in [0.5, 0.6) is 0 Å². The largest absolute Gasteiger partial charge is 0.343 e. The molecule has 18 heavy (non-hydrogen) atoms. The zero-order chi connectivity index (χ0) is 13.4. The second-order valence-corrected chi connectivity index (χ2v) is 4.82. The van der Waals surface area contributed by atoms with Crippen molar-refractivity contribution in [1.29, 1.82) is 0 Å². The molecule has 0 radical (unpaired) electrons. The lowest BCUT2D eigenvalue weighted by atomic mass is 10.1. The third-order valence-corrected chi connectivity index (χ3v) is 3.49. The normalized spacial score (nSPS) is 20.2. The summed E-state index contributed by atoms with van der Waals surface area (Å²) in [5, 5.41) is 7.28. The molecule has 1 aliphatic rings. The Hall–Kier alpha value is -1.56. The van der Waals surface area contributed by atoms with Gasteiger partial charge in [0.1, 0.15) is 11.2 Å². The van der Waals surface area contributed by atoms with E-state index >= 15 is 0 Å². The highest BCUT2D eigenvalue weighted by molar-refractivity contribution is 6.30. The first kappa shape index (κ1) is 12.9. The minimum absolute atomic E-state index is 0.0633. The summed E-state index contributed by atoms with van der Waals surface area (Å²) in [7, 11) is 1.74. The smallest absolute Gasteiger partial charge is 0.245 e. The first-order valence-electron chi connectivity index (χ1n) is 5.66. The molecule has 1 aliphatic heterocycles. The number of aryl methyl sites for hydroxylation is 2. The zero-order valence-corrected chi connectivity index (χ0v) is 11.3. The molecule has 0 aliphatic carbocycles. The summed E-state index contributed by atoms with van der Waals surface area (Å²) in [6, 6.07) is -0.484. The molecule has 1 N–H and O–H groups in total. The van der Waals surface area contributed by atoms with Crippen LogP contribution in [0.15, 0.2) is 0 Å². The van der Waals surface area contributed by atoms with Gasteiger partial charge in [0.05, 0.1) is 18.8 Å². The molecule has 98 valence electrons. The molecule has 1 aromatic rings. The van der Waals surface area contributed by atoms with Gasteiger partial charge in [-0.2, -0.15) is 5.10 Å². The lowest BCUT2D eigenvalue weighted by Crippen LogP contribution is -2.56. The van der Waals surface area contributed by atoms with Gasteiger partial charge in [0.2, 0.25) is 11.8 Å². The third kappa shape index (κ3) is 2.20. The number of carbonyl (C=O) groups is 2. The number of piperazine rings is 1. The fraction of sp³-hybridized carbons (Fsp3) is 0.545. The maximum atomic E-state index is 11.9. The third-order valence-electron chi connectivity index (χ3n) is 3.01. The predicted octanol–water partition coefficient (Wildman–Crippen LogP) is 0.229. The highest BCUT2D eigenvalue weighted by Crippen LogP contribution is 2.21. The summed E-state index contributed by atoms with van der Waals surface area (Å²) in [6.45, 7) is 3.88. The predicted molar refractivity (Wildman–Crippen MR) is 66.0 cm³/mol. The molecule has 1 aromatic heterocycles. The molecule has 2 rings (SSSR count). The number of rotatable bonds is 2. The summed E-state index contributed by atoms with van der Waals surface area (Å²) in [4.78, 5) is 24.9. The molecule has 2 amide bonds. The Bertz CT molecular complexity index is 511. The van der Waals surface area contributed by atoms with Gasteiger partial charge in [-0.1, -0.05) is 11.6 Å². The SMILES string of the molecule is Cc1nn(C)c(Cl)c1CN1CC(=O)NC(C)C1=O. The Morgan fingerprint density at radius 1 is 1.50 bits per heavy atom. The number of halogens is 1. The van der Waals surface area contributed by atoms with E-state index in [2.05, 4.69) is 10.4 Å². The second kappa shape index (κ2) is 4.61. The summed E-state index contributed by atoms with van der Waals surface area (Å²) < 4.78 is 1.56. The van der Waals surface area contributed by atoms with E-state index in [9.17, 15) is 9.59 Å². The van der Waals surface area contributed by atoms with E-state index in [4.69, 9.17) is 11.6 Å². The van der Waals surface area contributed by atoms with Crippen molar-refractivity contribution in [3.05, 3.63) is 16.4 Å². The fourth-order valence-corrected chi connectivity index (χ4v) is 2.29. The standard InChI is InChI=1S/C11H15ClN4O2/c1-6-8(10(12)15(3)14-6)4-16-5-9(17)13-7(2)11(16)18/h7H,4-5H2,1-3H3,(H,13,17). The number of nitrogens with zero attached hydrogens (tertiary/aromatic N) is 3. The number of hydrogen-bond donors (Lipinski definition) is 1. The fourth-order valence-electron chi connectivity index (χ4n) is 2.05. The molecule has 1 saturated heterocycles. The van der Waals surface area contributed by atoms with Crippen LogP contribution in [0.25, 0.3) is 0 Å². The van der Waals surface area contributed by atoms with E-state index < -0.39 is 6.04 Å². The molecule has 1 fully saturated rings.